The van der Waals surface area contributed by atoms with Gasteiger partial charge in [-0.3, -0.25) is 0 Å². The zero-order valence-corrected chi connectivity index (χ0v) is 9.21. The monoisotopic (exact) mass is 224 g/mol. The first kappa shape index (κ1) is 11.2. The maximum absolute atomic E-state index is 13.1. The molecule has 0 saturated carbocycles. The molecular weight excluding hydrogens is 207 g/mol. The van der Waals surface area contributed by atoms with Gasteiger partial charge in [-0.2, -0.15) is 0 Å². The Balaban J connectivity index is 1.91. The van der Waals surface area contributed by atoms with E-state index in [0.717, 1.165) is 19.4 Å². The van der Waals surface area contributed by atoms with Crippen molar-refractivity contribution in [2.75, 3.05) is 24.2 Å². The van der Waals surface area contributed by atoms with Crippen LogP contribution in [0, 0.1) is 5.82 Å². The van der Waals surface area contributed by atoms with Crippen LogP contribution in [-0.2, 0) is 4.74 Å². The minimum absolute atomic E-state index is 0.179. The van der Waals surface area contributed by atoms with Gasteiger partial charge in [-0.05, 0) is 31.4 Å². The SMILES string of the molecule is Nc1c(F)cccc1NCC1CCCCO1. The minimum Gasteiger partial charge on any atom is -0.395 e. The summed E-state index contributed by atoms with van der Waals surface area (Å²) in [5.41, 5.74) is 6.45. The summed E-state index contributed by atoms with van der Waals surface area (Å²) in [5.74, 6) is -0.380. The largest absolute Gasteiger partial charge is 0.395 e. The molecule has 3 nitrogen and oxygen atoms in total. The van der Waals surface area contributed by atoms with Crippen LogP contribution in [0.2, 0.25) is 0 Å². The van der Waals surface area contributed by atoms with Crippen LogP contribution in [0.25, 0.3) is 0 Å². The number of benzene rings is 1. The first-order valence-electron chi connectivity index (χ1n) is 5.67. The number of halogens is 1. The van der Waals surface area contributed by atoms with Crippen LogP contribution in [0.1, 0.15) is 19.3 Å². The van der Waals surface area contributed by atoms with Gasteiger partial charge in [0.1, 0.15) is 5.82 Å². The van der Waals surface area contributed by atoms with E-state index < -0.39 is 0 Å². The molecule has 0 bridgehead atoms. The van der Waals surface area contributed by atoms with E-state index in [1.165, 1.54) is 12.5 Å². The molecule has 1 atom stereocenters. The molecular formula is C12H17FN2O. The Morgan fingerprint density at radius 3 is 3.06 bits per heavy atom. The molecule has 0 amide bonds. The lowest BCUT2D eigenvalue weighted by Crippen LogP contribution is -2.27. The van der Waals surface area contributed by atoms with E-state index in [1.54, 1.807) is 12.1 Å². The van der Waals surface area contributed by atoms with Crippen LogP contribution in [0.5, 0.6) is 0 Å². The Kier molecular flexibility index (Phi) is 3.62. The second-order valence-corrected chi connectivity index (χ2v) is 4.07. The van der Waals surface area contributed by atoms with E-state index in [1.807, 2.05) is 0 Å². The Morgan fingerprint density at radius 2 is 2.31 bits per heavy atom. The average Bonchev–Trinajstić information content (AvgIpc) is 2.32. The number of ether oxygens (including phenoxy) is 1. The second kappa shape index (κ2) is 5.16. The maximum atomic E-state index is 13.1. The normalized spacial score (nSPS) is 20.7. The molecule has 1 aromatic rings. The van der Waals surface area contributed by atoms with E-state index in [9.17, 15) is 4.39 Å². The third-order valence-electron chi connectivity index (χ3n) is 2.85. The molecule has 3 N–H and O–H groups in total. The predicted molar refractivity (Wildman–Crippen MR) is 62.9 cm³/mol. The maximum Gasteiger partial charge on any atom is 0.148 e. The summed E-state index contributed by atoms with van der Waals surface area (Å²) >= 11 is 0. The van der Waals surface area contributed by atoms with E-state index >= 15 is 0 Å². The van der Waals surface area contributed by atoms with Crippen molar-refractivity contribution >= 4 is 11.4 Å². The number of nitrogens with two attached hydrogens (primary N) is 1. The van der Waals surface area contributed by atoms with Crippen molar-refractivity contribution in [2.45, 2.75) is 25.4 Å². The van der Waals surface area contributed by atoms with Gasteiger partial charge in [0.05, 0.1) is 17.5 Å². The molecule has 1 saturated heterocycles. The number of hydrogen-bond acceptors (Lipinski definition) is 3. The molecule has 1 fully saturated rings. The molecule has 2 rings (SSSR count). The van der Waals surface area contributed by atoms with Crippen molar-refractivity contribution in [1.82, 2.24) is 0 Å². The molecule has 1 aliphatic heterocycles. The standard InChI is InChI=1S/C12H17FN2O/c13-10-5-3-6-11(12(10)14)15-8-9-4-1-2-7-16-9/h3,5-6,9,15H,1-2,4,7-8,14H2. The smallest absolute Gasteiger partial charge is 0.148 e. The Hall–Kier alpha value is -1.29. The molecule has 1 unspecified atom stereocenters. The molecule has 0 radical (unpaired) electrons. The Bertz CT molecular complexity index is 351. The summed E-state index contributed by atoms with van der Waals surface area (Å²) in [7, 11) is 0. The topological polar surface area (TPSA) is 47.3 Å². The quantitative estimate of drug-likeness (QED) is 0.775. The zero-order chi connectivity index (χ0) is 11.4. The molecule has 16 heavy (non-hydrogen) atoms. The third kappa shape index (κ3) is 2.64. The highest BCUT2D eigenvalue weighted by Gasteiger charge is 2.14. The van der Waals surface area contributed by atoms with Crippen LogP contribution < -0.4 is 11.1 Å². The predicted octanol–water partition coefficient (Wildman–Crippen LogP) is 2.39. The highest BCUT2D eigenvalue weighted by molar-refractivity contribution is 5.66. The van der Waals surface area contributed by atoms with Crippen molar-refractivity contribution in [3.8, 4) is 0 Å². The van der Waals surface area contributed by atoms with Crippen molar-refractivity contribution in [3.05, 3.63) is 24.0 Å². The van der Waals surface area contributed by atoms with Gasteiger partial charge in [-0.25, -0.2) is 4.39 Å². The second-order valence-electron chi connectivity index (χ2n) is 4.07. The van der Waals surface area contributed by atoms with Crippen molar-refractivity contribution in [2.24, 2.45) is 0 Å². The molecule has 1 aromatic carbocycles. The molecule has 0 aliphatic carbocycles. The summed E-state index contributed by atoms with van der Waals surface area (Å²) in [5, 5.41) is 3.13. The number of anilines is 2. The minimum atomic E-state index is -0.380. The zero-order valence-electron chi connectivity index (χ0n) is 9.21. The first-order chi connectivity index (χ1) is 7.77. The molecule has 0 spiro atoms. The van der Waals surface area contributed by atoms with Crippen LogP contribution in [0.3, 0.4) is 0 Å². The Morgan fingerprint density at radius 1 is 1.44 bits per heavy atom. The van der Waals surface area contributed by atoms with Gasteiger partial charge < -0.3 is 15.8 Å². The van der Waals surface area contributed by atoms with Crippen LogP contribution in [0.4, 0.5) is 15.8 Å². The summed E-state index contributed by atoms with van der Waals surface area (Å²) in [6.07, 6.45) is 3.61. The summed E-state index contributed by atoms with van der Waals surface area (Å²) in [4.78, 5) is 0. The van der Waals surface area contributed by atoms with Gasteiger partial charge >= 0.3 is 0 Å². The third-order valence-corrected chi connectivity index (χ3v) is 2.85. The van der Waals surface area contributed by atoms with Crippen LogP contribution in [0.15, 0.2) is 18.2 Å². The lowest BCUT2D eigenvalue weighted by Gasteiger charge is -2.23. The number of nitrogens with one attached hydrogen (secondary N) is 1. The number of para-hydroxylation sites is 1. The van der Waals surface area contributed by atoms with Crippen molar-refractivity contribution in [3.63, 3.8) is 0 Å². The van der Waals surface area contributed by atoms with Gasteiger partial charge in [-0.1, -0.05) is 6.07 Å². The van der Waals surface area contributed by atoms with Gasteiger partial charge in [0.2, 0.25) is 0 Å². The van der Waals surface area contributed by atoms with Gasteiger partial charge in [-0.15, -0.1) is 0 Å². The highest BCUT2D eigenvalue weighted by Crippen LogP contribution is 2.22. The van der Waals surface area contributed by atoms with Crippen LogP contribution >= 0.6 is 0 Å². The summed E-state index contributed by atoms with van der Waals surface area (Å²) in [6.45, 7) is 1.51. The molecule has 4 heteroatoms. The molecule has 1 aliphatic rings. The molecule has 0 aromatic heterocycles. The lowest BCUT2D eigenvalue weighted by molar-refractivity contribution is 0.0248. The van der Waals surface area contributed by atoms with Gasteiger partial charge in [0.15, 0.2) is 0 Å². The first-order valence-corrected chi connectivity index (χ1v) is 5.67. The van der Waals surface area contributed by atoms with Crippen molar-refractivity contribution < 1.29 is 9.13 Å². The van der Waals surface area contributed by atoms with Crippen molar-refractivity contribution in [1.29, 1.82) is 0 Å². The summed E-state index contributed by atoms with van der Waals surface area (Å²) < 4.78 is 18.7. The number of nitrogen functional groups attached to an aromatic ring is 1. The molecule has 88 valence electrons. The van der Waals surface area contributed by atoms with E-state index in [4.69, 9.17) is 10.5 Å². The Labute approximate surface area is 94.8 Å². The van der Waals surface area contributed by atoms with E-state index in [0.29, 0.717) is 12.2 Å². The van der Waals surface area contributed by atoms with Gasteiger partial charge in [0, 0.05) is 13.2 Å². The fraction of sp³-hybridized carbons (Fsp3) is 0.500. The summed E-state index contributed by atoms with van der Waals surface area (Å²) in [6, 6.07) is 4.79. The fourth-order valence-corrected chi connectivity index (χ4v) is 1.88. The van der Waals surface area contributed by atoms with Gasteiger partial charge in [0.25, 0.3) is 0 Å². The average molecular weight is 224 g/mol. The van der Waals surface area contributed by atoms with E-state index in [2.05, 4.69) is 5.32 Å². The lowest BCUT2D eigenvalue weighted by atomic mass is 10.1. The number of rotatable bonds is 3. The fourth-order valence-electron chi connectivity index (χ4n) is 1.88. The highest BCUT2D eigenvalue weighted by atomic mass is 19.1. The van der Waals surface area contributed by atoms with E-state index in [-0.39, 0.29) is 17.6 Å². The number of hydrogen-bond donors (Lipinski definition) is 2. The molecule has 1 heterocycles. The van der Waals surface area contributed by atoms with Crippen LogP contribution in [-0.4, -0.2) is 19.3 Å².